The molecule has 0 aliphatic rings. The fraction of sp³-hybridized carbons (Fsp3) is 0.533. The molecule has 0 aromatic heterocycles. The maximum Gasteiger partial charge on any atom is 0.258 e. The highest BCUT2D eigenvalue weighted by Crippen LogP contribution is 2.23. The van der Waals surface area contributed by atoms with Gasteiger partial charge in [-0.3, -0.25) is 4.79 Å². The Balaban J connectivity index is 2.65. The van der Waals surface area contributed by atoms with E-state index in [9.17, 15) is 13.6 Å². The maximum atomic E-state index is 13.8. The monoisotopic (exact) mass is 300 g/mol. The van der Waals surface area contributed by atoms with Crippen molar-refractivity contribution in [3.05, 3.63) is 29.3 Å². The van der Waals surface area contributed by atoms with E-state index in [4.69, 9.17) is 4.74 Å². The Labute approximate surface area is 123 Å². The van der Waals surface area contributed by atoms with Crippen LogP contribution in [0.1, 0.15) is 26.3 Å². The normalized spacial score (nSPS) is 12.3. The van der Waals surface area contributed by atoms with E-state index in [2.05, 4.69) is 10.6 Å². The molecule has 21 heavy (non-hydrogen) atoms. The second kappa shape index (κ2) is 7.93. The van der Waals surface area contributed by atoms with Crippen LogP contribution in [0, 0.1) is 17.6 Å². The van der Waals surface area contributed by atoms with Gasteiger partial charge in [-0.05, 0) is 37.6 Å². The van der Waals surface area contributed by atoms with Crippen LogP contribution in [-0.2, 0) is 11.3 Å². The van der Waals surface area contributed by atoms with Crippen molar-refractivity contribution < 1.29 is 18.3 Å². The largest absolute Gasteiger partial charge is 0.478 e. The summed E-state index contributed by atoms with van der Waals surface area (Å²) in [6.07, 6.45) is 0. The number of amides is 1. The molecule has 0 radical (unpaired) electrons. The minimum absolute atomic E-state index is 0.0335. The Bertz CT molecular complexity index is 470. The quantitative estimate of drug-likeness (QED) is 0.812. The van der Waals surface area contributed by atoms with E-state index in [-0.39, 0.29) is 12.0 Å². The molecule has 6 heteroatoms. The van der Waals surface area contributed by atoms with E-state index in [1.807, 2.05) is 20.8 Å². The molecule has 1 unspecified atom stereocenters. The number of hydrogen-bond acceptors (Lipinski definition) is 3. The third kappa shape index (κ3) is 5.30. The van der Waals surface area contributed by atoms with Gasteiger partial charge >= 0.3 is 0 Å². The van der Waals surface area contributed by atoms with Crippen molar-refractivity contribution >= 4 is 5.91 Å². The van der Waals surface area contributed by atoms with Crippen molar-refractivity contribution in [2.75, 3.05) is 13.7 Å². The van der Waals surface area contributed by atoms with Crippen molar-refractivity contribution in [2.24, 2.45) is 5.92 Å². The first kappa shape index (κ1) is 17.4. The molecule has 0 saturated heterocycles. The molecule has 0 saturated carbocycles. The summed E-state index contributed by atoms with van der Waals surface area (Å²) in [6, 6.07) is 2.33. The van der Waals surface area contributed by atoms with Crippen molar-refractivity contribution in [2.45, 2.75) is 33.4 Å². The average Bonchev–Trinajstić information content (AvgIpc) is 2.37. The van der Waals surface area contributed by atoms with E-state index in [0.717, 1.165) is 0 Å². The number of carbonyl (C=O) groups is 1. The lowest BCUT2D eigenvalue weighted by atomic mass is 10.1. The summed E-state index contributed by atoms with van der Waals surface area (Å²) in [4.78, 5) is 11.6. The first-order valence-corrected chi connectivity index (χ1v) is 6.89. The van der Waals surface area contributed by atoms with Gasteiger partial charge < -0.3 is 15.4 Å². The first-order chi connectivity index (χ1) is 9.85. The molecule has 0 fully saturated rings. The van der Waals surface area contributed by atoms with Crippen LogP contribution in [0.4, 0.5) is 8.78 Å². The third-order valence-electron chi connectivity index (χ3n) is 3.18. The number of ether oxygens (including phenoxy) is 1. The molecule has 1 aromatic carbocycles. The molecule has 1 amide bonds. The molecule has 1 atom stereocenters. The number of rotatable bonds is 7. The summed E-state index contributed by atoms with van der Waals surface area (Å²) in [7, 11) is 1.68. The van der Waals surface area contributed by atoms with Crippen LogP contribution in [0.15, 0.2) is 12.1 Å². The highest BCUT2D eigenvalue weighted by Gasteiger charge is 2.16. The van der Waals surface area contributed by atoms with Gasteiger partial charge in [0, 0.05) is 12.6 Å². The smallest absolute Gasteiger partial charge is 0.258 e. The van der Waals surface area contributed by atoms with E-state index in [0.29, 0.717) is 12.1 Å². The Morgan fingerprint density at radius 3 is 2.29 bits per heavy atom. The molecule has 0 bridgehead atoms. The van der Waals surface area contributed by atoms with E-state index in [1.165, 1.54) is 12.1 Å². The molecule has 1 rings (SSSR count). The maximum absolute atomic E-state index is 13.8. The van der Waals surface area contributed by atoms with Crippen LogP contribution < -0.4 is 15.4 Å². The molecule has 0 aliphatic heterocycles. The minimum atomic E-state index is -0.815. The van der Waals surface area contributed by atoms with Crippen molar-refractivity contribution in [1.82, 2.24) is 10.6 Å². The van der Waals surface area contributed by atoms with Crippen LogP contribution >= 0.6 is 0 Å². The summed E-state index contributed by atoms with van der Waals surface area (Å²) >= 11 is 0. The van der Waals surface area contributed by atoms with Crippen molar-refractivity contribution in [3.63, 3.8) is 0 Å². The van der Waals surface area contributed by atoms with Gasteiger partial charge in [-0.1, -0.05) is 13.8 Å². The molecule has 0 heterocycles. The zero-order valence-electron chi connectivity index (χ0n) is 12.8. The summed E-state index contributed by atoms with van der Waals surface area (Å²) in [5, 5.41) is 5.50. The number of carbonyl (C=O) groups excluding carboxylic acids is 1. The number of benzene rings is 1. The summed E-state index contributed by atoms with van der Waals surface area (Å²) in [6.45, 7) is 5.71. The van der Waals surface area contributed by atoms with Gasteiger partial charge in [0.15, 0.2) is 24.0 Å². The van der Waals surface area contributed by atoms with E-state index in [1.54, 1.807) is 7.05 Å². The zero-order valence-corrected chi connectivity index (χ0v) is 12.8. The highest BCUT2D eigenvalue weighted by molar-refractivity contribution is 5.77. The van der Waals surface area contributed by atoms with E-state index >= 15 is 0 Å². The van der Waals surface area contributed by atoms with Crippen molar-refractivity contribution in [3.8, 4) is 5.75 Å². The summed E-state index contributed by atoms with van der Waals surface area (Å²) in [5.74, 6) is -2.30. The molecular formula is C15H22F2N2O2. The van der Waals surface area contributed by atoms with Gasteiger partial charge in [0.25, 0.3) is 5.91 Å². The summed E-state index contributed by atoms with van der Waals surface area (Å²) in [5.41, 5.74) is 0.470. The third-order valence-corrected chi connectivity index (χ3v) is 3.18. The van der Waals surface area contributed by atoms with Crippen LogP contribution in [0.3, 0.4) is 0 Å². The molecule has 2 N–H and O–H groups in total. The van der Waals surface area contributed by atoms with Crippen molar-refractivity contribution in [1.29, 1.82) is 0 Å². The summed E-state index contributed by atoms with van der Waals surface area (Å²) < 4.78 is 32.5. The Morgan fingerprint density at radius 2 is 1.81 bits per heavy atom. The topological polar surface area (TPSA) is 50.4 Å². The van der Waals surface area contributed by atoms with Crippen LogP contribution in [0.2, 0.25) is 0 Å². The predicted molar refractivity (Wildman–Crippen MR) is 77.1 cm³/mol. The molecule has 0 aliphatic carbocycles. The Hall–Kier alpha value is -1.69. The minimum Gasteiger partial charge on any atom is -0.478 e. The Kier molecular flexibility index (Phi) is 6.55. The second-order valence-corrected chi connectivity index (χ2v) is 5.31. The van der Waals surface area contributed by atoms with Crippen LogP contribution in [0.5, 0.6) is 5.75 Å². The van der Waals surface area contributed by atoms with Gasteiger partial charge in [-0.25, -0.2) is 8.78 Å². The second-order valence-electron chi connectivity index (χ2n) is 5.31. The standard InChI is InChI=1S/C15H22F2N2O2/c1-9(2)10(3)19-14(20)8-21-15-12(16)5-11(7-18-4)6-13(15)17/h5-6,9-10,18H,7-8H2,1-4H3,(H,19,20). The van der Waals surface area contributed by atoms with E-state index < -0.39 is 29.9 Å². The lowest BCUT2D eigenvalue weighted by molar-refractivity contribution is -0.124. The highest BCUT2D eigenvalue weighted by atomic mass is 19.1. The number of hydrogen-bond donors (Lipinski definition) is 2. The van der Waals surface area contributed by atoms with Gasteiger partial charge in [0.2, 0.25) is 0 Å². The molecule has 0 spiro atoms. The zero-order chi connectivity index (χ0) is 16.0. The van der Waals surface area contributed by atoms with Crippen LogP contribution in [-0.4, -0.2) is 25.6 Å². The van der Waals surface area contributed by atoms with Crippen LogP contribution in [0.25, 0.3) is 0 Å². The Morgan fingerprint density at radius 1 is 1.24 bits per heavy atom. The SMILES string of the molecule is CNCc1cc(F)c(OCC(=O)NC(C)C(C)C)c(F)c1. The molecule has 118 valence electrons. The number of halogens is 2. The molecule has 1 aromatic rings. The molecule has 4 nitrogen and oxygen atoms in total. The number of nitrogens with one attached hydrogen (secondary N) is 2. The predicted octanol–water partition coefficient (Wildman–Crippen LogP) is 2.22. The fourth-order valence-corrected chi connectivity index (χ4v) is 1.66. The fourth-order valence-electron chi connectivity index (χ4n) is 1.66. The lowest BCUT2D eigenvalue weighted by Gasteiger charge is -2.17. The average molecular weight is 300 g/mol. The van der Waals surface area contributed by atoms with Gasteiger partial charge in [-0.2, -0.15) is 0 Å². The first-order valence-electron chi connectivity index (χ1n) is 6.89. The lowest BCUT2D eigenvalue weighted by Crippen LogP contribution is -2.39. The van der Waals surface area contributed by atoms with Gasteiger partial charge in [0.05, 0.1) is 0 Å². The van der Waals surface area contributed by atoms with Gasteiger partial charge in [0.1, 0.15) is 0 Å². The molecular weight excluding hydrogens is 278 g/mol. The van der Waals surface area contributed by atoms with Gasteiger partial charge in [-0.15, -0.1) is 0 Å².